The van der Waals surface area contributed by atoms with Crippen LogP contribution in [0.1, 0.15) is 15.4 Å². The van der Waals surface area contributed by atoms with Crippen molar-refractivity contribution in [3.8, 4) is 10.6 Å². The molecular formula is C17H17N3O4S3. The second kappa shape index (κ2) is 7.87. The maximum Gasteiger partial charge on any atom is 0.267 e. The van der Waals surface area contributed by atoms with Gasteiger partial charge in [0.05, 0.1) is 17.7 Å². The lowest BCUT2D eigenvalue weighted by molar-refractivity contribution is -0.0258. The highest BCUT2D eigenvalue weighted by Crippen LogP contribution is 2.30. The highest BCUT2D eigenvalue weighted by molar-refractivity contribution is 7.89. The first-order valence-corrected chi connectivity index (χ1v) is 11.0. The van der Waals surface area contributed by atoms with Gasteiger partial charge in [0, 0.05) is 23.7 Å². The number of carbonyl (C=O) groups excluding carboxylic acids is 1. The van der Waals surface area contributed by atoms with Crippen LogP contribution in [0.4, 0.5) is 5.69 Å². The van der Waals surface area contributed by atoms with Crippen LogP contribution in [0, 0.1) is 6.92 Å². The van der Waals surface area contributed by atoms with Crippen LogP contribution in [0.15, 0.2) is 46.0 Å². The van der Waals surface area contributed by atoms with E-state index in [1.807, 2.05) is 16.8 Å². The Morgan fingerprint density at radius 3 is 2.52 bits per heavy atom. The van der Waals surface area contributed by atoms with E-state index in [4.69, 9.17) is 4.84 Å². The van der Waals surface area contributed by atoms with Crippen molar-refractivity contribution in [1.82, 2.24) is 9.45 Å². The molecule has 0 aliphatic rings. The fraction of sp³-hybridized carbons (Fsp3) is 0.176. The predicted octanol–water partition coefficient (Wildman–Crippen LogP) is 3.61. The second-order valence-corrected chi connectivity index (χ2v) is 9.24. The minimum absolute atomic E-state index is 0.0681. The predicted molar refractivity (Wildman–Crippen MR) is 107 cm³/mol. The van der Waals surface area contributed by atoms with Crippen molar-refractivity contribution >= 4 is 44.3 Å². The number of anilines is 1. The number of hydrogen-bond acceptors (Lipinski definition) is 7. The van der Waals surface area contributed by atoms with Crippen molar-refractivity contribution in [1.29, 1.82) is 0 Å². The molecule has 0 spiro atoms. The number of thiazole rings is 1. The Labute approximate surface area is 165 Å². The van der Waals surface area contributed by atoms with Gasteiger partial charge >= 0.3 is 0 Å². The van der Waals surface area contributed by atoms with Crippen LogP contribution in [0.5, 0.6) is 0 Å². The SMILES string of the molecule is CON(C)S(=O)(=O)c1ccc(NC(=O)c2sc(-c3ccsc3)nc2C)cc1. The molecule has 0 fully saturated rings. The van der Waals surface area contributed by atoms with Crippen molar-refractivity contribution in [3.63, 3.8) is 0 Å². The minimum atomic E-state index is -3.72. The monoisotopic (exact) mass is 423 g/mol. The van der Waals surface area contributed by atoms with Crippen molar-refractivity contribution in [2.45, 2.75) is 11.8 Å². The lowest BCUT2D eigenvalue weighted by Crippen LogP contribution is -2.25. The molecular weight excluding hydrogens is 406 g/mol. The molecule has 3 rings (SSSR count). The van der Waals surface area contributed by atoms with Gasteiger partial charge in [-0.25, -0.2) is 13.4 Å². The average molecular weight is 424 g/mol. The largest absolute Gasteiger partial charge is 0.321 e. The molecule has 142 valence electrons. The third-order valence-corrected chi connectivity index (χ3v) is 7.36. The zero-order chi connectivity index (χ0) is 19.6. The Bertz CT molecular complexity index is 1040. The molecule has 0 unspecified atom stereocenters. The highest BCUT2D eigenvalue weighted by atomic mass is 32.2. The Balaban J connectivity index is 1.77. The summed E-state index contributed by atoms with van der Waals surface area (Å²) in [6.07, 6.45) is 0. The van der Waals surface area contributed by atoms with E-state index >= 15 is 0 Å². The van der Waals surface area contributed by atoms with Gasteiger partial charge in [-0.15, -0.1) is 11.3 Å². The van der Waals surface area contributed by atoms with Gasteiger partial charge in [0.2, 0.25) is 0 Å². The average Bonchev–Trinajstić information content (AvgIpc) is 3.30. The first kappa shape index (κ1) is 19.6. The maximum atomic E-state index is 12.6. The maximum absolute atomic E-state index is 12.6. The first-order chi connectivity index (χ1) is 12.8. The number of rotatable bonds is 6. The first-order valence-electron chi connectivity index (χ1n) is 7.77. The molecule has 0 saturated heterocycles. The Hall–Kier alpha value is -2.11. The van der Waals surface area contributed by atoms with E-state index in [0.29, 0.717) is 16.3 Å². The van der Waals surface area contributed by atoms with Crippen LogP contribution in [-0.4, -0.2) is 37.9 Å². The van der Waals surface area contributed by atoms with Crippen LogP contribution in [0.2, 0.25) is 0 Å². The van der Waals surface area contributed by atoms with Gasteiger partial charge in [-0.3, -0.25) is 9.63 Å². The van der Waals surface area contributed by atoms with Gasteiger partial charge < -0.3 is 5.32 Å². The van der Waals surface area contributed by atoms with Crippen LogP contribution in [0.3, 0.4) is 0 Å². The van der Waals surface area contributed by atoms with E-state index in [2.05, 4.69) is 10.3 Å². The van der Waals surface area contributed by atoms with Gasteiger partial charge in [-0.05, 0) is 42.6 Å². The fourth-order valence-corrected chi connectivity index (χ4v) is 4.91. The standard InChI is InChI=1S/C17H17N3O4S3/c1-11-15(26-17(18-11)12-8-9-25-10-12)16(21)19-13-4-6-14(7-5-13)27(22,23)20(2)24-3/h4-10H,1-3H3,(H,19,21). The summed E-state index contributed by atoms with van der Waals surface area (Å²) in [4.78, 5) is 22.4. The lowest BCUT2D eigenvalue weighted by Gasteiger charge is -2.14. The zero-order valence-electron chi connectivity index (χ0n) is 14.8. The summed E-state index contributed by atoms with van der Waals surface area (Å²) in [6.45, 7) is 1.79. The van der Waals surface area contributed by atoms with E-state index in [0.717, 1.165) is 15.0 Å². The number of benzene rings is 1. The summed E-state index contributed by atoms with van der Waals surface area (Å²) in [5.74, 6) is -0.281. The summed E-state index contributed by atoms with van der Waals surface area (Å²) in [5.41, 5.74) is 2.13. The molecule has 10 heteroatoms. The molecule has 0 radical (unpaired) electrons. The number of hydrogen-bond donors (Lipinski definition) is 1. The number of amides is 1. The van der Waals surface area contributed by atoms with Crippen molar-refractivity contribution in [2.24, 2.45) is 0 Å². The summed E-state index contributed by atoms with van der Waals surface area (Å²) in [7, 11) is -1.14. The number of hydroxylamine groups is 1. The van der Waals surface area contributed by atoms with Gasteiger partial charge in [-0.2, -0.15) is 11.3 Å². The normalized spacial score (nSPS) is 11.7. The number of sulfonamides is 1. The lowest BCUT2D eigenvalue weighted by atomic mass is 10.3. The number of aromatic nitrogens is 1. The molecule has 3 aromatic rings. The Morgan fingerprint density at radius 1 is 1.22 bits per heavy atom. The van der Waals surface area contributed by atoms with Crippen LogP contribution < -0.4 is 5.32 Å². The minimum Gasteiger partial charge on any atom is -0.321 e. The van der Waals surface area contributed by atoms with E-state index in [9.17, 15) is 13.2 Å². The molecule has 27 heavy (non-hydrogen) atoms. The Kier molecular flexibility index (Phi) is 5.72. The quantitative estimate of drug-likeness (QED) is 0.612. The molecule has 0 saturated carbocycles. The fourth-order valence-electron chi connectivity index (χ4n) is 2.26. The third-order valence-electron chi connectivity index (χ3n) is 3.78. The molecule has 0 bridgehead atoms. The molecule has 1 aromatic carbocycles. The van der Waals surface area contributed by atoms with Gasteiger partial charge in [0.25, 0.3) is 15.9 Å². The molecule has 0 atom stereocenters. The molecule has 2 aromatic heterocycles. The van der Waals surface area contributed by atoms with E-state index in [-0.39, 0.29) is 10.8 Å². The number of nitrogens with zero attached hydrogens (tertiary/aromatic N) is 2. The van der Waals surface area contributed by atoms with Gasteiger partial charge in [0.15, 0.2) is 0 Å². The molecule has 1 amide bonds. The molecule has 2 heterocycles. The van der Waals surface area contributed by atoms with Gasteiger partial charge in [0.1, 0.15) is 9.88 Å². The smallest absolute Gasteiger partial charge is 0.267 e. The summed E-state index contributed by atoms with van der Waals surface area (Å²) in [6, 6.07) is 7.85. The molecule has 1 N–H and O–H groups in total. The Morgan fingerprint density at radius 2 is 1.93 bits per heavy atom. The van der Waals surface area contributed by atoms with Crippen molar-refractivity contribution < 1.29 is 18.0 Å². The molecule has 0 aliphatic carbocycles. The zero-order valence-corrected chi connectivity index (χ0v) is 17.2. The number of aryl methyl sites for hydroxylation is 1. The number of thiophene rings is 1. The van der Waals surface area contributed by atoms with Crippen molar-refractivity contribution in [3.05, 3.63) is 51.7 Å². The summed E-state index contributed by atoms with van der Waals surface area (Å²) in [5, 5.41) is 7.51. The van der Waals surface area contributed by atoms with E-state index in [1.165, 1.54) is 49.8 Å². The topological polar surface area (TPSA) is 88.6 Å². The molecule has 7 nitrogen and oxygen atoms in total. The summed E-state index contributed by atoms with van der Waals surface area (Å²) < 4.78 is 25.1. The highest BCUT2D eigenvalue weighted by Gasteiger charge is 2.21. The van der Waals surface area contributed by atoms with E-state index in [1.54, 1.807) is 18.3 Å². The van der Waals surface area contributed by atoms with Crippen molar-refractivity contribution in [2.75, 3.05) is 19.5 Å². The second-order valence-electron chi connectivity index (χ2n) is 5.52. The molecule has 0 aliphatic heterocycles. The van der Waals surface area contributed by atoms with E-state index < -0.39 is 10.0 Å². The van der Waals surface area contributed by atoms with Crippen LogP contribution in [-0.2, 0) is 14.9 Å². The van der Waals surface area contributed by atoms with Gasteiger partial charge in [-0.1, -0.05) is 4.47 Å². The summed E-state index contributed by atoms with van der Waals surface area (Å²) >= 11 is 2.90. The number of nitrogens with one attached hydrogen (secondary N) is 1. The van der Waals surface area contributed by atoms with Crippen LogP contribution >= 0.6 is 22.7 Å². The number of carbonyl (C=O) groups is 1. The third kappa shape index (κ3) is 4.09. The van der Waals surface area contributed by atoms with Crippen LogP contribution in [0.25, 0.3) is 10.6 Å².